The van der Waals surface area contributed by atoms with Gasteiger partial charge in [0, 0.05) is 6.54 Å². The summed E-state index contributed by atoms with van der Waals surface area (Å²) in [6.45, 7) is 0.356. The summed E-state index contributed by atoms with van der Waals surface area (Å²) in [5.74, 6) is -0.294. The van der Waals surface area contributed by atoms with Crippen LogP contribution < -0.4 is 0 Å². The van der Waals surface area contributed by atoms with Crippen molar-refractivity contribution in [2.24, 2.45) is 0 Å². The maximum Gasteiger partial charge on any atom is 0.293 e. The molecule has 0 aromatic heterocycles. The summed E-state index contributed by atoms with van der Waals surface area (Å²) in [4.78, 5) is 26.2. The minimum absolute atomic E-state index is 0.264. The Kier molecular flexibility index (Phi) is 5.29. The van der Waals surface area contributed by atoms with E-state index in [0.717, 1.165) is 17.3 Å². The van der Waals surface area contributed by atoms with E-state index in [2.05, 4.69) is 0 Å². The maximum absolute atomic E-state index is 12.5. The summed E-state index contributed by atoms with van der Waals surface area (Å²) < 4.78 is 0. The lowest BCUT2D eigenvalue weighted by Crippen LogP contribution is -2.30. The van der Waals surface area contributed by atoms with E-state index in [0.29, 0.717) is 33.5 Å². The molecule has 2 aromatic rings. The van der Waals surface area contributed by atoms with Gasteiger partial charge in [-0.15, -0.1) is 0 Å². The lowest BCUT2D eigenvalue weighted by Gasteiger charge is -2.12. The Hall–Kier alpha value is -1.75. The lowest BCUT2D eigenvalue weighted by molar-refractivity contribution is -0.122. The van der Waals surface area contributed by atoms with Crippen molar-refractivity contribution in [2.45, 2.75) is 6.42 Å². The van der Waals surface area contributed by atoms with Crippen LogP contribution in [-0.4, -0.2) is 22.6 Å². The van der Waals surface area contributed by atoms with Gasteiger partial charge >= 0.3 is 0 Å². The number of nitrogens with zero attached hydrogens (tertiary/aromatic N) is 1. The van der Waals surface area contributed by atoms with Crippen LogP contribution in [0.5, 0.6) is 0 Å². The number of carbonyl (C=O) groups is 2. The first kappa shape index (κ1) is 17.1. The molecular weight excluding hydrogens is 365 g/mol. The molecule has 2 aromatic carbocycles. The minimum Gasteiger partial charge on any atom is -0.268 e. The first-order valence-corrected chi connectivity index (χ1v) is 8.87. The standard InChI is InChI=1S/C18H13Cl2NO2S/c19-14-8-4-7-13(16(14)20)11-15-17(22)21(18(23)24-15)10-9-12-5-2-1-3-6-12/h1-8,11H,9-10H2/b15-11+. The molecule has 6 heteroatoms. The molecule has 0 bridgehead atoms. The molecular formula is C18H13Cl2NO2S. The van der Waals surface area contributed by atoms with Crippen molar-refractivity contribution in [3.8, 4) is 0 Å². The summed E-state index contributed by atoms with van der Waals surface area (Å²) in [6.07, 6.45) is 2.24. The highest BCUT2D eigenvalue weighted by atomic mass is 35.5. The fourth-order valence-electron chi connectivity index (χ4n) is 2.35. The third-order valence-electron chi connectivity index (χ3n) is 3.61. The van der Waals surface area contributed by atoms with E-state index < -0.39 is 0 Å². The Morgan fingerprint density at radius 3 is 2.50 bits per heavy atom. The van der Waals surface area contributed by atoms with E-state index in [9.17, 15) is 9.59 Å². The highest BCUT2D eigenvalue weighted by Gasteiger charge is 2.34. The summed E-state index contributed by atoms with van der Waals surface area (Å²) in [7, 11) is 0. The zero-order chi connectivity index (χ0) is 17.1. The summed E-state index contributed by atoms with van der Waals surface area (Å²) in [5.41, 5.74) is 1.70. The molecule has 0 saturated carbocycles. The van der Waals surface area contributed by atoms with Gasteiger partial charge in [0.25, 0.3) is 11.1 Å². The number of benzene rings is 2. The van der Waals surface area contributed by atoms with Crippen molar-refractivity contribution in [2.75, 3.05) is 6.54 Å². The molecule has 3 nitrogen and oxygen atoms in total. The maximum atomic E-state index is 12.5. The van der Waals surface area contributed by atoms with E-state index in [4.69, 9.17) is 23.2 Å². The van der Waals surface area contributed by atoms with Crippen molar-refractivity contribution in [1.29, 1.82) is 0 Å². The van der Waals surface area contributed by atoms with E-state index in [1.165, 1.54) is 4.90 Å². The van der Waals surface area contributed by atoms with E-state index in [1.54, 1.807) is 24.3 Å². The first-order valence-electron chi connectivity index (χ1n) is 7.29. The van der Waals surface area contributed by atoms with Gasteiger partial charge in [0.2, 0.25) is 0 Å². The molecule has 0 spiro atoms. The van der Waals surface area contributed by atoms with Crippen molar-refractivity contribution >= 4 is 52.2 Å². The fourth-order valence-corrected chi connectivity index (χ4v) is 3.57. The monoisotopic (exact) mass is 377 g/mol. The van der Waals surface area contributed by atoms with Crippen LogP contribution in [0, 0.1) is 0 Å². The molecule has 122 valence electrons. The Morgan fingerprint density at radius 2 is 1.75 bits per heavy atom. The number of imide groups is 1. The highest BCUT2D eigenvalue weighted by molar-refractivity contribution is 8.18. The van der Waals surface area contributed by atoms with Gasteiger partial charge in [0.15, 0.2) is 0 Å². The van der Waals surface area contributed by atoms with Crippen molar-refractivity contribution in [3.05, 3.63) is 74.6 Å². The largest absolute Gasteiger partial charge is 0.293 e. The van der Waals surface area contributed by atoms with E-state index in [-0.39, 0.29) is 11.1 Å². The molecule has 3 rings (SSSR count). The van der Waals surface area contributed by atoms with Gasteiger partial charge in [-0.05, 0) is 41.5 Å². The third-order valence-corrected chi connectivity index (χ3v) is 5.35. The van der Waals surface area contributed by atoms with Crippen molar-refractivity contribution in [3.63, 3.8) is 0 Å². The first-order chi connectivity index (χ1) is 11.6. The van der Waals surface area contributed by atoms with Gasteiger partial charge in [-0.1, -0.05) is 65.7 Å². The SMILES string of the molecule is O=C1S/C(=C/c2cccc(Cl)c2Cl)C(=O)N1CCc1ccccc1. The van der Waals surface area contributed by atoms with Gasteiger partial charge in [0.1, 0.15) is 0 Å². The number of rotatable bonds is 4. The number of halogens is 2. The van der Waals surface area contributed by atoms with Crippen LogP contribution in [0.3, 0.4) is 0 Å². The van der Waals surface area contributed by atoms with Crippen LogP contribution in [-0.2, 0) is 11.2 Å². The molecule has 0 unspecified atom stereocenters. The number of carbonyl (C=O) groups excluding carboxylic acids is 2. The predicted molar refractivity (Wildman–Crippen MR) is 99.3 cm³/mol. The zero-order valence-corrected chi connectivity index (χ0v) is 14.9. The third kappa shape index (κ3) is 3.66. The average Bonchev–Trinajstić information content (AvgIpc) is 2.85. The number of hydrogen-bond donors (Lipinski definition) is 0. The van der Waals surface area contributed by atoms with Gasteiger partial charge in [-0.2, -0.15) is 0 Å². The predicted octanol–water partition coefficient (Wildman–Crippen LogP) is 5.27. The quantitative estimate of drug-likeness (QED) is 0.680. The van der Waals surface area contributed by atoms with Gasteiger partial charge in [-0.3, -0.25) is 14.5 Å². The van der Waals surface area contributed by atoms with Gasteiger partial charge in [-0.25, -0.2) is 0 Å². The van der Waals surface area contributed by atoms with Crippen molar-refractivity contribution < 1.29 is 9.59 Å². The molecule has 0 aliphatic carbocycles. The molecule has 1 heterocycles. The van der Waals surface area contributed by atoms with Crippen molar-refractivity contribution in [1.82, 2.24) is 4.90 Å². The Morgan fingerprint density at radius 1 is 1.00 bits per heavy atom. The van der Waals surface area contributed by atoms with Crippen LogP contribution in [0.2, 0.25) is 10.0 Å². The van der Waals surface area contributed by atoms with E-state index in [1.807, 2.05) is 30.3 Å². The molecule has 0 atom stereocenters. The van der Waals surface area contributed by atoms with Crippen LogP contribution in [0.25, 0.3) is 6.08 Å². The fraction of sp³-hybridized carbons (Fsp3) is 0.111. The number of thioether (sulfide) groups is 1. The molecule has 1 aliphatic heterocycles. The summed E-state index contributed by atoms with van der Waals surface area (Å²) >= 11 is 13.0. The molecule has 0 radical (unpaired) electrons. The Bertz CT molecular complexity index is 821. The van der Waals surface area contributed by atoms with E-state index >= 15 is 0 Å². The second-order valence-corrected chi connectivity index (χ2v) is 6.99. The molecule has 1 aliphatic rings. The lowest BCUT2D eigenvalue weighted by atomic mass is 10.1. The molecule has 1 saturated heterocycles. The topological polar surface area (TPSA) is 37.4 Å². The number of amides is 2. The van der Waals surface area contributed by atoms with Gasteiger partial charge < -0.3 is 0 Å². The second-order valence-electron chi connectivity index (χ2n) is 5.21. The Balaban J connectivity index is 1.76. The molecule has 24 heavy (non-hydrogen) atoms. The molecule has 1 fully saturated rings. The summed E-state index contributed by atoms with van der Waals surface area (Å²) in [5, 5.41) is 0.518. The number of hydrogen-bond acceptors (Lipinski definition) is 3. The highest BCUT2D eigenvalue weighted by Crippen LogP contribution is 2.35. The second kappa shape index (κ2) is 7.43. The van der Waals surface area contributed by atoms with Crippen LogP contribution >= 0.6 is 35.0 Å². The van der Waals surface area contributed by atoms with Crippen LogP contribution in [0.4, 0.5) is 4.79 Å². The Labute approximate surface area is 154 Å². The normalized spacial score (nSPS) is 16.2. The van der Waals surface area contributed by atoms with Gasteiger partial charge in [0.05, 0.1) is 15.0 Å². The molecule has 2 amide bonds. The van der Waals surface area contributed by atoms with Crippen LogP contribution in [0.15, 0.2) is 53.4 Å². The molecule has 0 N–H and O–H groups in total. The zero-order valence-electron chi connectivity index (χ0n) is 12.5. The average molecular weight is 378 g/mol. The smallest absolute Gasteiger partial charge is 0.268 e. The minimum atomic E-state index is -0.294. The van der Waals surface area contributed by atoms with Crippen LogP contribution in [0.1, 0.15) is 11.1 Å². The summed E-state index contributed by atoms with van der Waals surface area (Å²) in [6, 6.07) is 14.9.